The van der Waals surface area contributed by atoms with Crippen molar-refractivity contribution in [3.8, 4) is 0 Å². The molecule has 1 aliphatic heterocycles. The van der Waals surface area contributed by atoms with E-state index in [4.69, 9.17) is 9.72 Å². The van der Waals surface area contributed by atoms with Crippen LogP contribution in [0.15, 0.2) is 48.5 Å². The van der Waals surface area contributed by atoms with E-state index >= 15 is 0 Å². The van der Waals surface area contributed by atoms with E-state index in [0.717, 1.165) is 35.4 Å². The highest BCUT2D eigenvalue weighted by Crippen LogP contribution is 2.24. The zero-order chi connectivity index (χ0) is 22.0. The van der Waals surface area contributed by atoms with Crippen LogP contribution in [-0.4, -0.2) is 45.3 Å². The number of para-hydroxylation sites is 2. The molecule has 7 heteroatoms. The Kier molecular flexibility index (Phi) is 5.85. The minimum atomic E-state index is -0.517. The maximum absolute atomic E-state index is 13.7. The molecule has 6 nitrogen and oxygen atoms in total. The molecule has 1 amide bonds. The maximum atomic E-state index is 13.7. The first-order chi connectivity index (χ1) is 14.8. The van der Waals surface area contributed by atoms with Gasteiger partial charge in [0.15, 0.2) is 0 Å². The molecule has 0 saturated carbocycles. The van der Waals surface area contributed by atoms with Crippen LogP contribution in [0.2, 0.25) is 0 Å². The summed E-state index contributed by atoms with van der Waals surface area (Å²) in [6.07, 6.45) is 1.54. The van der Waals surface area contributed by atoms with Gasteiger partial charge in [-0.15, -0.1) is 0 Å². The van der Waals surface area contributed by atoms with Gasteiger partial charge in [0.1, 0.15) is 11.4 Å². The number of imidazole rings is 1. The van der Waals surface area contributed by atoms with Crippen molar-refractivity contribution in [2.24, 2.45) is 0 Å². The summed E-state index contributed by atoms with van der Waals surface area (Å²) >= 11 is 0. The van der Waals surface area contributed by atoms with Gasteiger partial charge < -0.3 is 19.5 Å². The average Bonchev–Trinajstić information content (AvgIpc) is 3.04. The monoisotopic (exact) mass is 424 g/mol. The molecule has 4 rings (SSSR count). The number of halogens is 1. The number of amides is 1. The molecule has 1 unspecified atom stereocenters. The Morgan fingerprint density at radius 1 is 1.23 bits per heavy atom. The molecular formula is C24H29FN4O2. The second-order valence-electron chi connectivity index (χ2n) is 9.05. The van der Waals surface area contributed by atoms with Gasteiger partial charge in [0.25, 0.3) is 0 Å². The summed E-state index contributed by atoms with van der Waals surface area (Å²) in [5.41, 5.74) is 2.21. The summed E-state index contributed by atoms with van der Waals surface area (Å²) in [5.74, 6) is 0.471. The molecule has 0 aliphatic carbocycles. The Bertz CT molecular complexity index is 1070. The van der Waals surface area contributed by atoms with E-state index in [2.05, 4.69) is 9.88 Å². The summed E-state index contributed by atoms with van der Waals surface area (Å²) in [7, 11) is 0. The van der Waals surface area contributed by atoms with Crippen molar-refractivity contribution in [3.63, 3.8) is 0 Å². The van der Waals surface area contributed by atoms with Crippen molar-refractivity contribution in [2.75, 3.05) is 18.4 Å². The van der Waals surface area contributed by atoms with Crippen molar-refractivity contribution in [1.29, 1.82) is 0 Å². The average molecular weight is 425 g/mol. The summed E-state index contributed by atoms with van der Waals surface area (Å²) < 4.78 is 21.3. The van der Waals surface area contributed by atoms with Crippen LogP contribution in [0, 0.1) is 5.82 Å². The zero-order valence-corrected chi connectivity index (χ0v) is 18.3. The first-order valence-electron chi connectivity index (χ1n) is 10.7. The number of anilines is 1. The molecule has 1 aliphatic rings. The van der Waals surface area contributed by atoms with Crippen LogP contribution in [0.3, 0.4) is 0 Å². The number of aromatic nitrogens is 2. The van der Waals surface area contributed by atoms with Crippen LogP contribution >= 0.6 is 0 Å². The number of carbonyl (C=O) groups is 1. The number of ether oxygens (including phenoxy) is 1. The predicted molar refractivity (Wildman–Crippen MR) is 120 cm³/mol. The van der Waals surface area contributed by atoms with E-state index in [9.17, 15) is 9.18 Å². The highest BCUT2D eigenvalue weighted by molar-refractivity contribution is 5.79. The second-order valence-corrected chi connectivity index (χ2v) is 9.05. The molecule has 1 saturated heterocycles. The fourth-order valence-corrected chi connectivity index (χ4v) is 3.93. The molecule has 1 fully saturated rings. The van der Waals surface area contributed by atoms with Gasteiger partial charge in [0.2, 0.25) is 5.95 Å². The van der Waals surface area contributed by atoms with Crippen LogP contribution in [0.25, 0.3) is 11.0 Å². The lowest BCUT2D eigenvalue weighted by molar-refractivity contribution is 0.0206. The van der Waals surface area contributed by atoms with Crippen molar-refractivity contribution in [3.05, 3.63) is 59.9 Å². The Labute approximate surface area is 182 Å². The minimum absolute atomic E-state index is 0.0596. The third-order valence-corrected chi connectivity index (χ3v) is 5.29. The molecule has 164 valence electrons. The van der Waals surface area contributed by atoms with Crippen LogP contribution in [0.5, 0.6) is 0 Å². The highest BCUT2D eigenvalue weighted by atomic mass is 19.1. The molecule has 3 aromatic rings. The number of likely N-dealkylation sites (tertiary alicyclic amines) is 1. The number of hydrogen-bond donors (Lipinski definition) is 1. The van der Waals surface area contributed by atoms with E-state index in [1.807, 2.05) is 51.1 Å². The van der Waals surface area contributed by atoms with E-state index in [0.29, 0.717) is 19.6 Å². The summed E-state index contributed by atoms with van der Waals surface area (Å²) in [4.78, 5) is 19.0. The normalized spacial score (nSPS) is 17.0. The minimum Gasteiger partial charge on any atom is -0.444 e. The lowest BCUT2D eigenvalue weighted by Crippen LogP contribution is -2.47. The number of benzene rings is 2. The Hall–Kier alpha value is -3.09. The van der Waals surface area contributed by atoms with Gasteiger partial charge in [-0.05, 0) is 63.4 Å². The first kappa shape index (κ1) is 21.2. The smallest absolute Gasteiger partial charge is 0.410 e. The summed E-state index contributed by atoms with van der Waals surface area (Å²) in [6.45, 7) is 7.37. The maximum Gasteiger partial charge on any atom is 0.410 e. The quantitative estimate of drug-likeness (QED) is 0.638. The van der Waals surface area contributed by atoms with Gasteiger partial charge in [0.05, 0.1) is 17.6 Å². The van der Waals surface area contributed by atoms with Crippen LogP contribution in [0.4, 0.5) is 15.1 Å². The number of nitrogens with zero attached hydrogens (tertiary/aromatic N) is 3. The molecule has 0 spiro atoms. The van der Waals surface area contributed by atoms with Crippen LogP contribution in [0.1, 0.15) is 39.2 Å². The number of piperidine rings is 1. The molecule has 1 atom stereocenters. The fourth-order valence-electron chi connectivity index (χ4n) is 3.93. The predicted octanol–water partition coefficient (Wildman–Crippen LogP) is 5.04. The molecular weight excluding hydrogens is 395 g/mol. The largest absolute Gasteiger partial charge is 0.444 e. The molecule has 2 aromatic carbocycles. The molecule has 0 radical (unpaired) electrons. The zero-order valence-electron chi connectivity index (χ0n) is 18.3. The van der Waals surface area contributed by atoms with E-state index in [1.165, 1.54) is 6.07 Å². The topological polar surface area (TPSA) is 59.4 Å². The third kappa shape index (κ3) is 5.16. The number of carbonyl (C=O) groups excluding carboxylic acids is 1. The molecule has 31 heavy (non-hydrogen) atoms. The molecule has 0 bridgehead atoms. The number of rotatable bonds is 4. The fraction of sp³-hybridized carbons (Fsp3) is 0.417. The van der Waals surface area contributed by atoms with Gasteiger partial charge >= 0.3 is 6.09 Å². The highest BCUT2D eigenvalue weighted by Gasteiger charge is 2.28. The van der Waals surface area contributed by atoms with Crippen LogP contribution in [-0.2, 0) is 11.3 Å². The summed E-state index contributed by atoms with van der Waals surface area (Å²) in [6, 6.07) is 14.6. The van der Waals surface area contributed by atoms with Crippen LogP contribution < -0.4 is 5.32 Å². The van der Waals surface area contributed by atoms with E-state index < -0.39 is 5.60 Å². The number of hydrogen-bond acceptors (Lipinski definition) is 4. The number of nitrogens with one attached hydrogen (secondary N) is 1. The van der Waals surface area contributed by atoms with Gasteiger partial charge in [-0.1, -0.05) is 24.3 Å². The van der Waals surface area contributed by atoms with Gasteiger partial charge in [0, 0.05) is 19.1 Å². The first-order valence-corrected chi connectivity index (χ1v) is 10.7. The van der Waals surface area contributed by atoms with E-state index in [1.54, 1.807) is 17.0 Å². The lowest BCUT2D eigenvalue weighted by Gasteiger charge is -2.34. The standard InChI is InChI=1S/C24H29FN4O2/c1-24(2,3)31-23(30)28-13-7-10-19(16-28)26-22-27-20-11-4-5-12-21(20)29(22)15-17-8-6-9-18(25)14-17/h4-6,8-9,11-12,14,19H,7,10,13,15-16H2,1-3H3,(H,26,27). The van der Waals surface area contributed by atoms with Crippen molar-refractivity contribution in [2.45, 2.75) is 51.8 Å². The molecule has 2 heterocycles. The Morgan fingerprint density at radius 2 is 2.03 bits per heavy atom. The van der Waals surface area contributed by atoms with Gasteiger partial charge in [-0.25, -0.2) is 14.2 Å². The summed E-state index contributed by atoms with van der Waals surface area (Å²) in [5, 5.41) is 3.53. The number of fused-ring (bicyclic) bond motifs is 1. The Balaban J connectivity index is 1.56. The molecule has 1 N–H and O–H groups in total. The van der Waals surface area contributed by atoms with Gasteiger partial charge in [-0.3, -0.25) is 0 Å². The van der Waals surface area contributed by atoms with Gasteiger partial charge in [-0.2, -0.15) is 0 Å². The Morgan fingerprint density at radius 3 is 2.81 bits per heavy atom. The van der Waals surface area contributed by atoms with Crippen molar-refractivity contribution in [1.82, 2.24) is 14.5 Å². The third-order valence-electron chi connectivity index (χ3n) is 5.29. The second kappa shape index (κ2) is 8.57. The SMILES string of the molecule is CC(C)(C)OC(=O)N1CCCC(Nc2nc3ccccc3n2Cc2cccc(F)c2)C1. The van der Waals surface area contributed by atoms with E-state index in [-0.39, 0.29) is 18.0 Å². The lowest BCUT2D eigenvalue weighted by atomic mass is 10.1. The van der Waals surface area contributed by atoms with Crippen molar-refractivity contribution >= 4 is 23.1 Å². The molecule has 1 aromatic heterocycles. The van der Waals surface area contributed by atoms with Crippen molar-refractivity contribution < 1.29 is 13.9 Å².